The number of hydrogen-bond acceptors (Lipinski definition) is 3. The first-order valence-electron chi connectivity index (χ1n) is 4.64. The summed E-state index contributed by atoms with van der Waals surface area (Å²) in [5.74, 6) is -0.0781. The highest BCUT2D eigenvalue weighted by Gasteiger charge is 2.27. The summed E-state index contributed by atoms with van der Waals surface area (Å²) in [5.41, 5.74) is 5.22. The molecule has 0 aromatic rings. The van der Waals surface area contributed by atoms with Crippen LogP contribution in [0.4, 0.5) is 13.2 Å². The Balaban J connectivity index is 4.04. The van der Waals surface area contributed by atoms with Gasteiger partial charge in [0.25, 0.3) is 0 Å². The summed E-state index contributed by atoms with van der Waals surface area (Å²) in [5, 5.41) is 11.0. The van der Waals surface area contributed by atoms with Gasteiger partial charge in [-0.25, -0.2) is 0 Å². The molecule has 4 nitrogen and oxygen atoms in total. The molecular weight excluding hydrogens is 211 g/mol. The molecule has 3 N–H and O–H groups in total. The van der Waals surface area contributed by atoms with E-state index in [9.17, 15) is 13.2 Å². The fourth-order valence-electron chi connectivity index (χ4n) is 1.13. The van der Waals surface area contributed by atoms with Gasteiger partial charge in [-0.3, -0.25) is 4.90 Å². The van der Waals surface area contributed by atoms with Gasteiger partial charge in [0.05, 0.1) is 13.0 Å². The topological polar surface area (TPSA) is 61.8 Å². The van der Waals surface area contributed by atoms with E-state index in [-0.39, 0.29) is 18.9 Å². The highest BCUT2D eigenvalue weighted by molar-refractivity contribution is 5.81. The van der Waals surface area contributed by atoms with Gasteiger partial charge in [0.2, 0.25) is 0 Å². The van der Waals surface area contributed by atoms with Crippen LogP contribution in [0.5, 0.6) is 0 Å². The quantitative estimate of drug-likeness (QED) is 0.312. The predicted octanol–water partition coefficient (Wildman–Crippen LogP) is 1.40. The second-order valence-electron chi connectivity index (χ2n) is 3.23. The minimum atomic E-state index is -4.17. The van der Waals surface area contributed by atoms with Gasteiger partial charge >= 0.3 is 6.18 Å². The van der Waals surface area contributed by atoms with E-state index in [0.29, 0.717) is 6.54 Å². The summed E-state index contributed by atoms with van der Waals surface area (Å²) in [4.78, 5) is 1.50. The largest absolute Gasteiger partial charge is 0.409 e. The van der Waals surface area contributed by atoms with E-state index >= 15 is 0 Å². The third kappa shape index (κ3) is 8.04. The number of nitrogens with zero attached hydrogens (tertiary/aromatic N) is 2. The molecule has 0 heterocycles. The molecule has 0 radical (unpaired) electrons. The Labute approximate surface area is 86.5 Å². The van der Waals surface area contributed by atoms with Crippen molar-refractivity contribution in [3.63, 3.8) is 0 Å². The Morgan fingerprint density at radius 2 is 2.00 bits per heavy atom. The lowest BCUT2D eigenvalue weighted by Gasteiger charge is -2.21. The second kappa shape index (κ2) is 6.49. The third-order valence-corrected chi connectivity index (χ3v) is 1.77. The van der Waals surface area contributed by atoms with Crippen molar-refractivity contribution in [3.05, 3.63) is 0 Å². The minimum absolute atomic E-state index is 0.0560. The number of alkyl halides is 3. The molecule has 0 aliphatic rings. The third-order valence-electron chi connectivity index (χ3n) is 1.77. The number of nitrogens with two attached hydrogens (primary N) is 1. The molecule has 0 aromatic heterocycles. The Morgan fingerprint density at radius 3 is 2.40 bits per heavy atom. The van der Waals surface area contributed by atoms with Crippen LogP contribution in [-0.4, -0.2) is 41.8 Å². The minimum Gasteiger partial charge on any atom is -0.409 e. The molecule has 0 rings (SSSR count). The molecule has 0 fully saturated rings. The van der Waals surface area contributed by atoms with Crippen molar-refractivity contribution in [2.24, 2.45) is 10.9 Å². The van der Waals surface area contributed by atoms with Gasteiger partial charge in [-0.15, -0.1) is 0 Å². The SMILES string of the molecule is CCCN(CCC(F)(F)F)CC(N)=NO. The van der Waals surface area contributed by atoms with Crippen LogP contribution in [0.25, 0.3) is 0 Å². The van der Waals surface area contributed by atoms with E-state index in [4.69, 9.17) is 10.9 Å². The van der Waals surface area contributed by atoms with Crippen molar-refractivity contribution in [1.82, 2.24) is 4.90 Å². The molecule has 0 atom stereocenters. The summed E-state index contributed by atoms with van der Waals surface area (Å²) in [7, 11) is 0. The average Bonchev–Trinajstić information content (AvgIpc) is 2.13. The zero-order valence-electron chi connectivity index (χ0n) is 8.59. The van der Waals surface area contributed by atoms with Crippen LogP contribution in [-0.2, 0) is 0 Å². The molecule has 90 valence electrons. The van der Waals surface area contributed by atoms with Crippen LogP contribution in [0.3, 0.4) is 0 Å². The van der Waals surface area contributed by atoms with Gasteiger partial charge < -0.3 is 10.9 Å². The molecular formula is C8H16F3N3O. The Hall–Kier alpha value is -0.980. The van der Waals surface area contributed by atoms with Crippen LogP contribution >= 0.6 is 0 Å². The summed E-state index contributed by atoms with van der Waals surface area (Å²) in [6.07, 6.45) is -4.33. The van der Waals surface area contributed by atoms with Crippen molar-refractivity contribution < 1.29 is 18.4 Å². The fraction of sp³-hybridized carbons (Fsp3) is 0.875. The zero-order valence-corrected chi connectivity index (χ0v) is 8.59. The van der Waals surface area contributed by atoms with Crippen LogP contribution in [0, 0.1) is 0 Å². The van der Waals surface area contributed by atoms with Crippen LogP contribution in [0.15, 0.2) is 5.16 Å². The highest BCUT2D eigenvalue weighted by atomic mass is 19.4. The molecule has 15 heavy (non-hydrogen) atoms. The van der Waals surface area contributed by atoms with Crippen molar-refractivity contribution in [2.75, 3.05) is 19.6 Å². The lowest BCUT2D eigenvalue weighted by molar-refractivity contribution is -0.137. The normalized spacial score (nSPS) is 13.5. The molecule has 0 aliphatic carbocycles. The molecule has 7 heteroatoms. The smallest absolute Gasteiger partial charge is 0.390 e. The maximum Gasteiger partial charge on any atom is 0.390 e. The molecule has 0 amide bonds. The van der Waals surface area contributed by atoms with Gasteiger partial charge in [-0.05, 0) is 13.0 Å². The van der Waals surface area contributed by atoms with E-state index in [1.165, 1.54) is 4.90 Å². The fourth-order valence-corrected chi connectivity index (χ4v) is 1.13. The molecule has 0 spiro atoms. The zero-order chi connectivity index (χ0) is 11.9. The second-order valence-corrected chi connectivity index (χ2v) is 3.23. The lowest BCUT2D eigenvalue weighted by Crippen LogP contribution is -2.36. The molecule has 0 saturated heterocycles. The van der Waals surface area contributed by atoms with Crippen LogP contribution in [0.1, 0.15) is 19.8 Å². The monoisotopic (exact) mass is 227 g/mol. The van der Waals surface area contributed by atoms with Gasteiger partial charge in [-0.2, -0.15) is 13.2 Å². The van der Waals surface area contributed by atoms with Crippen LogP contribution in [0.2, 0.25) is 0 Å². The van der Waals surface area contributed by atoms with E-state index in [0.717, 1.165) is 6.42 Å². The average molecular weight is 227 g/mol. The Bertz CT molecular complexity index is 206. The van der Waals surface area contributed by atoms with E-state index in [2.05, 4.69) is 5.16 Å². The number of halogens is 3. The number of oxime groups is 1. The Morgan fingerprint density at radius 1 is 1.40 bits per heavy atom. The van der Waals surface area contributed by atoms with Crippen molar-refractivity contribution in [1.29, 1.82) is 0 Å². The van der Waals surface area contributed by atoms with E-state index in [1.807, 2.05) is 6.92 Å². The first kappa shape index (κ1) is 14.0. The maximum atomic E-state index is 11.9. The van der Waals surface area contributed by atoms with Crippen molar-refractivity contribution in [2.45, 2.75) is 25.9 Å². The van der Waals surface area contributed by atoms with Crippen molar-refractivity contribution in [3.8, 4) is 0 Å². The maximum absolute atomic E-state index is 11.9. The number of rotatable bonds is 6. The summed E-state index contributed by atoms with van der Waals surface area (Å²) in [6, 6.07) is 0. The molecule has 0 aromatic carbocycles. The standard InChI is InChI=1S/C8H16F3N3O/c1-2-4-14(6-7(12)13-15)5-3-8(9,10)11/h15H,2-6H2,1H3,(H2,12,13). The highest BCUT2D eigenvalue weighted by Crippen LogP contribution is 2.19. The van der Waals surface area contributed by atoms with Gasteiger partial charge in [0, 0.05) is 6.54 Å². The number of hydrogen-bond donors (Lipinski definition) is 2. The van der Waals surface area contributed by atoms with E-state index in [1.54, 1.807) is 0 Å². The van der Waals surface area contributed by atoms with Gasteiger partial charge in [0.15, 0.2) is 5.84 Å². The lowest BCUT2D eigenvalue weighted by atomic mass is 10.3. The van der Waals surface area contributed by atoms with Gasteiger partial charge in [-0.1, -0.05) is 12.1 Å². The van der Waals surface area contributed by atoms with Crippen LogP contribution < -0.4 is 5.73 Å². The molecule has 0 saturated carbocycles. The molecule has 0 unspecified atom stereocenters. The summed E-state index contributed by atoms with van der Waals surface area (Å²) < 4.78 is 35.8. The van der Waals surface area contributed by atoms with Gasteiger partial charge in [0.1, 0.15) is 0 Å². The molecule has 0 bridgehead atoms. The summed E-state index contributed by atoms with van der Waals surface area (Å²) >= 11 is 0. The predicted molar refractivity (Wildman–Crippen MR) is 50.8 cm³/mol. The first-order valence-corrected chi connectivity index (χ1v) is 4.64. The van der Waals surface area contributed by atoms with Crippen molar-refractivity contribution >= 4 is 5.84 Å². The summed E-state index contributed by atoms with van der Waals surface area (Å²) in [6.45, 7) is 2.27. The Kier molecular flexibility index (Phi) is 6.07. The number of amidine groups is 1. The van der Waals surface area contributed by atoms with E-state index < -0.39 is 12.6 Å². The first-order chi connectivity index (χ1) is 6.89. The molecule has 0 aliphatic heterocycles.